The summed E-state index contributed by atoms with van der Waals surface area (Å²) in [5, 5.41) is 10.1. The number of fused-ring (bicyclic) bond motifs is 1. The van der Waals surface area contributed by atoms with E-state index in [9.17, 15) is 9.90 Å². The zero-order chi connectivity index (χ0) is 14.1. The lowest BCUT2D eigenvalue weighted by molar-refractivity contribution is 0.0734. The average Bonchev–Trinajstić information content (AvgIpc) is 2.45. The van der Waals surface area contributed by atoms with Crippen LogP contribution in [-0.4, -0.2) is 22.5 Å². The van der Waals surface area contributed by atoms with Crippen molar-refractivity contribution in [3.63, 3.8) is 0 Å². The van der Waals surface area contributed by atoms with Gasteiger partial charge in [0.25, 0.3) is 5.91 Å². The van der Waals surface area contributed by atoms with Gasteiger partial charge in [0.2, 0.25) is 0 Å². The van der Waals surface area contributed by atoms with E-state index in [1.54, 1.807) is 41.3 Å². The summed E-state index contributed by atoms with van der Waals surface area (Å²) in [5.41, 5.74) is 2.80. The number of phenolic OH excluding ortho intramolecular Hbond substituents is 1. The van der Waals surface area contributed by atoms with Crippen LogP contribution in [0.25, 0.3) is 0 Å². The Labute approximate surface area is 122 Å². The Hall–Kier alpha value is -2.00. The van der Waals surface area contributed by atoms with Gasteiger partial charge < -0.3 is 10.0 Å². The predicted octanol–water partition coefficient (Wildman–Crippen LogP) is 3.24. The molecule has 1 aliphatic rings. The van der Waals surface area contributed by atoms with Crippen molar-refractivity contribution >= 4 is 17.5 Å². The summed E-state index contributed by atoms with van der Waals surface area (Å²) >= 11 is 5.93. The summed E-state index contributed by atoms with van der Waals surface area (Å²) in [5.74, 6) is 0.210. The molecule has 1 N–H and O–H groups in total. The zero-order valence-electron chi connectivity index (χ0n) is 10.8. The molecule has 0 saturated carbocycles. The normalized spacial score (nSPS) is 13.9. The Morgan fingerprint density at radius 3 is 2.80 bits per heavy atom. The minimum atomic E-state index is -0.0264. The Morgan fingerprint density at radius 2 is 2.00 bits per heavy atom. The summed E-state index contributed by atoms with van der Waals surface area (Å²) in [6.45, 7) is 1.21. The fourth-order valence-corrected chi connectivity index (χ4v) is 2.71. The molecular formula is C16H14ClNO2. The van der Waals surface area contributed by atoms with Crippen molar-refractivity contribution in [2.24, 2.45) is 0 Å². The van der Waals surface area contributed by atoms with Gasteiger partial charge in [-0.05, 0) is 47.9 Å². The highest BCUT2D eigenvalue weighted by atomic mass is 35.5. The molecule has 0 bridgehead atoms. The molecule has 0 aromatic heterocycles. The molecule has 3 rings (SSSR count). The van der Waals surface area contributed by atoms with E-state index in [4.69, 9.17) is 11.6 Å². The molecule has 1 amide bonds. The summed E-state index contributed by atoms with van der Waals surface area (Å²) < 4.78 is 0. The molecule has 1 heterocycles. The first-order valence-corrected chi connectivity index (χ1v) is 6.87. The van der Waals surface area contributed by atoms with Crippen LogP contribution in [-0.2, 0) is 13.0 Å². The Bertz CT molecular complexity index is 669. The maximum Gasteiger partial charge on any atom is 0.254 e. The first kappa shape index (κ1) is 13.0. The van der Waals surface area contributed by atoms with Gasteiger partial charge in [0.15, 0.2) is 0 Å². The summed E-state index contributed by atoms with van der Waals surface area (Å²) in [6, 6.07) is 12.3. The number of nitrogens with zero attached hydrogens (tertiary/aromatic N) is 1. The number of hydrogen-bond donors (Lipinski definition) is 1. The number of aromatic hydroxyl groups is 1. The number of phenols is 1. The van der Waals surface area contributed by atoms with Crippen molar-refractivity contribution in [1.82, 2.24) is 4.90 Å². The number of carbonyl (C=O) groups excluding carboxylic acids is 1. The Kier molecular flexibility index (Phi) is 3.36. The van der Waals surface area contributed by atoms with Crippen LogP contribution in [0.2, 0.25) is 5.02 Å². The fraction of sp³-hybridized carbons (Fsp3) is 0.188. The summed E-state index contributed by atoms with van der Waals surface area (Å²) in [7, 11) is 0. The predicted molar refractivity (Wildman–Crippen MR) is 78.0 cm³/mol. The maximum absolute atomic E-state index is 12.5. The second-order valence-electron chi connectivity index (χ2n) is 4.94. The molecule has 0 radical (unpaired) electrons. The van der Waals surface area contributed by atoms with Gasteiger partial charge in [0.1, 0.15) is 5.75 Å². The highest BCUT2D eigenvalue weighted by Crippen LogP contribution is 2.24. The van der Waals surface area contributed by atoms with Crippen molar-refractivity contribution in [2.45, 2.75) is 13.0 Å². The third-order valence-corrected chi connectivity index (χ3v) is 3.80. The van der Waals surface area contributed by atoms with Crippen molar-refractivity contribution < 1.29 is 9.90 Å². The molecule has 0 saturated heterocycles. The molecule has 20 heavy (non-hydrogen) atoms. The zero-order valence-corrected chi connectivity index (χ0v) is 11.6. The van der Waals surface area contributed by atoms with Crippen LogP contribution in [0.4, 0.5) is 0 Å². The van der Waals surface area contributed by atoms with E-state index < -0.39 is 0 Å². The van der Waals surface area contributed by atoms with Crippen LogP contribution < -0.4 is 0 Å². The van der Waals surface area contributed by atoms with Crippen LogP contribution >= 0.6 is 11.6 Å². The number of carbonyl (C=O) groups is 1. The van der Waals surface area contributed by atoms with Crippen LogP contribution in [0.5, 0.6) is 5.75 Å². The third kappa shape index (κ3) is 2.49. The van der Waals surface area contributed by atoms with Crippen molar-refractivity contribution in [3.05, 3.63) is 64.2 Å². The highest BCUT2D eigenvalue weighted by molar-refractivity contribution is 6.30. The SMILES string of the molecule is O=C(c1cccc(Cl)c1)N1CCc2ccc(O)cc2C1. The van der Waals surface area contributed by atoms with E-state index >= 15 is 0 Å². The lowest BCUT2D eigenvalue weighted by Crippen LogP contribution is -2.35. The molecule has 0 aliphatic carbocycles. The van der Waals surface area contributed by atoms with E-state index in [0.717, 1.165) is 12.0 Å². The molecule has 0 spiro atoms. The van der Waals surface area contributed by atoms with Gasteiger partial charge in [-0.1, -0.05) is 23.7 Å². The fourth-order valence-electron chi connectivity index (χ4n) is 2.52. The summed E-state index contributed by atoms with van der Waals surface area (Å²) in [6.07, 6.45) is 0.807. The third-order valence-electron chi connectivity index (χ3n) is 3.56. The second kappa shape index (κ2) is 5.17. The van der Waals surface area contributed by atoms with Crippen LogP contribution in [0.3, 0.4) is 0 Å². The smallest absolute Gasteiger partial charge is 0.254 e. The van der Waals surface area contributed by atoms with Crippen LogP contribution in [0.15, 0.2) is 42.5 Å². The molecule has 0 atom stereocenters. The molecule has 0 unspecified atom stereocenters. The van der Waals surface area contributed by atoms with Gasteiger partial charge in [-0.15, -0.1) is 0 Å². The van der Waals surface area contributed by atoms with E-state index in [1.165, 1.54) is 5.56 Å². The van der Waals surface area contributed by atoms with Gasteiger partial charge in [-0.25, -0.2) is 0 Å². The van der Waals surface area contributed by atoms with Crippen molar-refractivity contribution in [1.29, 1.82) is 0 Å². The maximum atomic E-state index is 12.5. The number of amides is 1. The molecule has 3 nitrogen and oxygen atoms in total. The lowest BCUT2D eigenvalue weighted by Gasteiger charge is -2.29. The van der Waals surface area contributed by atoms with Crippen molar-refractivity contribution in [3.8, 4) is 5.75 Å². The number of rotatable bonds is 1. The standard InChI is InChI=1S/C16H14ClNO2/c17-14-3-1-2-12(8-14)16(20)18-7-6-11-4-5-15(19)9-13(11)10-18/h1-5,8-9,19H,6-7,10H2. The quantitative estimate of drug-likeness (QED) is 0.875. The topological polar surface area (TPSA) is 40.5 Å². The van der Waals surface area contributed by atoms with Crippen LogP contribution in [0.1, 0.15) is 21.5 Å². The van der Waals surface area contributed by atoms with E-state index in [1.807, 2.05) is 6.07 Å². The summed E-state index contributed by atoms with van der Waals surface area (Å²) in [4.78, 5) is 14.2. The second-order valence-corrected chi connectivity index (χ2v) is 5.38. The molecule has 102 valence electrons. The van der Waals surface area contributed by atoms with Gasteiger partial charge in [-0.3, -0.25) is 4.79 Å². The highest BCUT2D eigenvalue weighted by Gasteiger charge is 2.22. The largest absolute Gasteiger partial charge is 0.508 e. The Morgan fingerprint density at radius 1 is 1.15 bits per heavy atom. The monoisotopic (exact) mass is 287 g/mol. The van der Waals surface area contributed by atoms with E-state index in [0.29, 0.717) is 23.7 Å². The number of benzene rings is 2. The van der Waals surface area contributed by atoms with Crippen LogP contribution in [0, 0.1) is 0 Å². The minimum Gasteiger partial charge on any atom is -0.508 e. The lowest BCUT2D eigenvalue weighted by atomic mass is 9.99. The molecular weight excluding hydrogens is 274 g/mol. The molecule has 2 aromatic rings. The van der Waals surface area contributed by atoms with Gasteiger partial charge >= 0.3 is 0 Å². The Balaban J connectivity index is 1.84. The van der Waals surface area contributed by atoms with Crippen molar-refractivity contribution in [2.75, 3.05) is 6.54 Å². The molecule has 2 aromatic carbocycles. The van der Waals surface area contributed by atoms with Gasteiger partial charge in [0, 0.05) is 23.7 Å². The number of hydrogen-bond acceptors (Lipinski definition) is 2. The van der Waals surface area contributed by atoms with Gasteiger partial charge in [0.05, 0.1) is 0 Å². The molecule has 4 heteroatoms. The molecule has 1 aliphatic heterocycles. The average molecular weight is 288 g/mol. The first-order valence-electron chi connectivity index (χ1n) is 6.49. The van der Waals surface area contributed by atoms with E-state index in [-0.39, 0.29) is 11.7 Å². The van der Waals surface area contributed by atoms with Gasteiger partial charge in [-0.2, -0.15) is 0 Å². The minimum absolute atomic E-state index is 0.0264. The number of halogens is 1. The molecule has 0 fully saturated rings. The first-order chi connectivity index (χ1) is 9.63. The van der Waals surface area contributed by atoms with E-state index in [2.05, 4.69) is 0 Å².